The smallest absolute Gasteiger partial charge is 0.269 e. The van der Waals surface area contributed by atoms with Gasteiger partial charge in [0, 0.05) is 17.8 Å². The fourth-order valence-electron chi connectivity index (χ4n) is 0.910. The SMILES string of the molecule is O=[N+]([O-])c1ccc(NCC(O)O)cc1. The maximum Gasteiger partial charge on any atom is 0.269 e. The molecule has 0 amide bonds. The lowest BCUT2D eigenvalue weighted by Gasteiger charge is -2.06. The molecule has 1 aromatic rings. The van der Waals surface area contributed by atoms with E-state index in [4.69, 9.17) is 10.2 Å². The molecule has 0 saturated carbocycles. The minimum Gasteiger partial charge on any atom is -0.380 e. The summed E-state index contributed by atoms with van der Waals surface area (Å²) in [4.78, 5) is 9.79. The maximum absolute atomic E-state index is 10.3. The molecule has 0 fully saturated rings. The van der Waals surface area contributed by atoms with Crippen molar-refractivity contribution >= 4 is 11.4 Å². The summed E-state index contributed by atoms with van der Waals surface area (Å²) >= 11 is 0. The molecule has 0 atom stereocenters. The van der Waals surface area contributed by atoms with Crippen LogP contribution in [0.1, 0.15) is 0 Å². The van der Waals surface area contributed by atoms with Gasteiger partial charge < -0.3 is 15.5 Å². The van der Waals surface area contributed by atoms with Crippen LogP contribution in [0, 0.1) is 10.1 Å². The van der Waals surface area contributed by atoms with Gasteiger partial charge in [-0.2, -0.15) is 0 Å². The first-order valence-electron chi connectivity index (χ1n) is 3.94. The summed E-state index contributed by atoms with van der Waals surface area (Å²) in [5.41, 5.74) is 0.601. The number of non-ortho nitro benzene ring substituents is 1. The summed E-state index contributed by atoms with van der Waals surface area (Å²) in [5.74, 6) is 0. The van der Waals surface area contributed by atoms with Gasteiger partial charge in [0.05, 0.1) is 11.5 Å². The van der Waals surface area contributed by atoms with Crippen LogP contribution in [0.25, 0.3) is 0 Å². The third-order valence-corrected chi connectivity index (χ3v) is 1.57. The van der Waals surface area contributed by atoms with E-state index in [1.54, 1.807) is 0 Å². The fourth-order valence-corrected chi connectivity index (χ4v) is 0.910. The summed E-state index contributed by atoms with van der Waals surface area (Å²) in [7, 11) is 0. The number of hydrogen-bond acceptors (Lipinski definition) is 5. The van der Waals surface area contributed by atoms with E-state index in [0.29, 0.717) is 5.69 Å². The molecule has 6 heteroatoms. The number of nitrogens with zero attached hydrogens (tertiary/aromatic N) is 1. The maximum atomic E-state index is 10.3. The topological polar surface area (TPSA) is 95.6 Å². The van der Waals surface area contributed by atoms with Crippen molar-refractivity contribution in [2.24, 2.45) is 0 Å². The van der Waals surface area contributed by atoms with Gasteiger partial charge in [-0.1, -0.05) is 0 Å². The number of anilines is 1. The van der Waals surface area contributed by atoms with E-state index in [1.807, 2.05) is 0 Å². The van der Waals surface area contributed by atoms with Gasteiger partial charge >= 0.3 is 0 Å². The minimum atomic E-state index is -1.44. The first-order chi connectivity index (χ1) is 6.59. The van der Waals surface area contributed by atoms with Gasteiger partial charge in [-0.25, -0.2) is 0 Å². The normalized spacial score (nSPS) is 10.2. The van der Waals surface area contributed by atoms with Gasteiger partial charge in [-0.3, -0.25) is 10.1 Å². The number of aliphatic hydroxyl groups excluding tert-OH is 1. The molecule has 1 aromatic carbocycles. The Bertz CT molecular complexity index is 310. The lowest BCUT2D eigenvalue weighted by molar-refractivity contribution is -0.384. The van der Waals surface area contributed by atoms with Crippen molar-refractivity contribution in [3.63, 3.8) is 0 Å². The quantitative estimate of drug-likeness (QED) is 0.368. The average Bonchev–Trinajstić information content (AvgIpc) is 2.15. The van der Waals surface area contributed by atoms with Crippen LogP contribution in [-0.4, -0.2) is 28.0 Å². The Hall–Kier alpha value is -1.66. The Morgan fingerprint density at radius 2 is 1.93 bits per heavy atom. The van der Waals surface area contributed by atoms with Crippen LogP contribution >= 0.6 is 0 Å². The number of hydrogen-bond donors (Lipinski definition) is 3. The molecule has 0 spiro atoms. The Morgan fingerprint density at radius 1 is 1.36 bits per heavy atom. The molecular weight excluding hydrogens is 188 g/mol. The zero-order chi connectivity index (χ0) is 10.6. The molecule has 0 radical (unpaired) electrons. The highest BCUT2D eigenvalue weighted by atomic mass is 16.6. The molecule has 0 aliphatic heterocycles. The highest BCUT2D eigenvalue weighted by Gasteiger charge is 2.03. The van der Waals surface area contributed by atoms with E-state index in [-0.39, 0.29) is 12.2 Å². The Kier molecular flexibility index (Phi) is 3.38. The van der Waals surface area contributed by atoms with Crippen molar-refractivity contribution in [1.29, 1.82) is 0 Å². The number of nitrogens with one attached hydrogen (secondary N) is 1. The van der Waals surface area contributed by atoms with E-state index < -0.39 is 11.2 Å². The zero-order valence-corrected chi connectivity index (χ0v) is 7.25. The van der Waals surface area contributed by atoms with E-state index in [2.05, 4.69) is 5.32 Å². The molecule has 0 aromatic heterocycles. The van der Waals surface area contributed by atoms with Crippen LogP contribution in [0.3, 0.4) is 0 Å². The minimum absolute atomic E-state index is 0.0000898. The number of nitro benzene ring substituents is 1. The molecule has 0 heterocycles. The first-order valence-corrected chi connectivity index (χ1v) is 3.94. The molecule has 0 aliphatic rings. The second-order valence-corrected chi connectivity index (χ2v) is 2.67. The van der Waals surface area contributed by atoms with E-state index in [1.165, 1.54) is 24.3 Å². The van der Waals surface area contributed by atoms with Crippen LogP contribution in [-0.2, 0) is 0 Å². The fraction of sp³-hybridized carbons (Fsp3) is 0.250. The average molecular weight is 198 g/mol. The first kappa shape index (κ1) is 10.4. The largest absolute Gasteiger partial charge is 0.380 e. The van der Waals surface area contributed by atoms with E-state index in [0.717, 1.165) is 0 Å². The summed E-state index contributed by atoms with van der Waals surface area (Å²) in [5, 5.41) is 30.1. The number of nitro groups is 1. The third kappa shape index (κ3) is 3.00. The molecule has 0 unspecified atom stereocenters. The van der Waals surface area contributed by atoms with Crippen molar-refractivity contribution in [1.82, 2.24) is 0 Å². The second kappa shape index (κ2) is 4.54. The summed E-state index contributed by atoms with van der Waals surface area (Å²) in [6.45, 7) is -0.0161. The van der Waals surface area contributed by atoms with Crippen molar-refractivity contribution in [3.05, 3.63) is 34.4 Å². The lowest BCUT2D eigenvalue weighted by Crippen LogP contribution is -2.18. The van der Waals surface area contributed by atoms with Crippen molar-refractivity contribution in [3.8, 4) is 0 Å². The Balaban J connectivity index is 2.60. The van der Waals surface area contributed by atoms with Crippen molar-refractivity contribution in [2.75, 3.05) is 11.9 Å². The number of benzene rings is 1. The van der Waals surface area contributed by atoms with Gasteiger partial charge in [-0.15, -0.1) is 0 Å². The zero-order valence-electron chi connectivity index (χ0n) is 7.25. The molecule has 1 rings (SSSR count). The van der Waals surface area contributed by atoms with Gasteiger partial charge in [0.15, 0.2) is 6.29 Å². The predicted molar refractivity (Wildman–Crippen MR) is 49.8 cm³/mol. The molecule has 0 aliphatic carbocycles. The van der Waals surface area contributed by atoms with Crippen LogP contribution < -0.4 is 5.32 Å². The number of rotatable bonds is 4. The monoisotopic (exact) mass is 198 g/mol. The van der Waals surface area contributed by atoms with E-state index >= 15 is 0 Å². The predicted octanol–water partition coefficient (Wildman–Crippen LogP) is 0.317. The Labute approximate surface area is 80.0 Å². The van der Waals surface area contributed by atoms with Crippen LogP contribution in [0.15, 0.2) is 24.3 Å². The molecule has 76 valence electrons. The Morgan fingerprint density at radius 3 is 2.36 bits per heavy atom. The molecule has 0 saturated heterocycles. The van der Waals surface area contributed by atoms with Crippen LogP contribution in [0.2, 0.25) is 0 Å². The second-order valence-electron chi connectivity index (χ2n) is 2.67. The molecule has 14 heavy (non-hydrogen) atoms. The highest BCUT2D eigenvalue weighted by Crippen LogP contribution is 2.14. The summed E-state index contributed by atoms with van der Waals surface area (Å²) < 4.78 is 0. The van der Waals surface area contributed by atoms with Crippen LogP contribution in [0.5, 0.6) is 0 Å². The van der Waals surface area contributed by atoms with E-state index in [9.17, 15) is 10.1 Å². The van der Waals surface area contributed by atoms with Crippen molar-refractivity contribution < 1.29 is 15.1 Å². The molecule has 0 bridgehead atoms. The lowest BCUT2D eigenvalue weighted by atomic mass is 10.3. The standard InChI is InChI=1S/C8H10N2O4/c11-8(12)5-9-6-1-3-7(4-2-6)10(13)14/h1-4,8-9,11-12H,5H2. The highest BCUT2D eigenvalue weighted by molar-refractivity contribution is 5.48. The van der Waals surface area contributed by atoms with Crippen LogP contribution in [0.4, 0.5) is 11.4 Å². The summed E-state index contributed by atoms with van der Waals surface area (Å²) in [6.07, 6.45) is -1.44. The number of aliphatic hydroxyl groups is 2. The molecular formula is C8H10N2O4. The van der Waals surface area contributed by atoms with Crippen molar-refractivity contribution in [2.45, 2.75) is 6.29 Å². The van der Waals surface area contributed by atoms with Gasteiger partial charge in [0.25, 0.3) is 5.69 Å². The van der Waals surface area contributed by atoms with Gasteiger partial charge in [0.2, 0.25) is 0 Å². The van der Waals surface area contributed by atoms with Gasteiger partial charge in [-0.05, 0) is 12.1 Å². The van der Waals surface area contributed by atoms with Gasteiger partial charge in [0.1, 0.15) is 0 Å². The summed E-state index contributed by atoms with van der Waals surface area (Å²) in [6, 6.07) is 5.68. The molecule has 3 N–H and O–H groups in total. The third-order valence-electron chi connectivity index (χ3n) is 1.57. The molecule has 6 nitrogen and oxygen atoms in total.